The van der Waals surface area contributed by atoms with E-state index in [4.69, 9.17) is 4.42 Å². The predicted molar refractivity (Wildman–Crippen MR) is 62.6 cm³/mol. The fraction of sp³-hybridized carbons (Fsp3) is 0.0833. The molecule has 0 atom stereocenters. The summed E-state index contributed by atoms with van der Waals surface area (Å²) >= 11 is 0. The second-order valence-corrected chi connectivity index (χ2v) is 3.79. The first-order valence-corrected chi connectivity index (χ1v) is 5.14. The summed E-state index contributed by atoms with van der Waals surface area (Å²) in [6.07, 6.45) is 1.39. The van der Waals surface area contributed by atoms with Gasteiger partial charge in [0.25, 0.3) is 0 Å². The van der Waals surface area contributed by atoms with Crippen molar-refractivity contribution in [3.8, 4) is 11.3 Å². The zero-order valence-corrected chi connectivity index (χ0v) is 9.10. The van der Waals surface area contributed by atoms with Gasteiger partial charge in [0.2, 0.25) is 0 Å². The maximum Gasteiger partial charge on any atom is 0.345 e. The molecule has 84 valence electrons. The van der Waals surface area contributed by atoms with Gasteiger partial charge in [-0.3, -0.25) is 0 Å². The lowest BCUT2D eigenvalue weighted by molar-refractivity contribution is 0.602. The van der Waals surface area contributed by atoms with Crippen LogP contribution in [0.2, 0.25) is 0 Å². The minimum atomic E-state index is -0.349. The summed E-state index contributed by atoms with van der Waals surface area (Å²) in [5.41, 5.74) is 3.36. The largest absolute Gasteiger partial charge is 0.443 e. The first kappa shape index (κ1) is 9.77. The van der Waals surface area contributed by atoms with Crippen molar-refractivity contribution in [1.29, 1.82) is 0 Å². The molecule has 0 aliphatic rings. The number of aromatic amines is 1. The van der Waals surface area contributed by atoms with Crippen molar-refractivity contribution >= 4 is 11.1 Å². The third-order valence-electron chi connectivity index (χ3n) is 2.51. The quantitative estimate of drug-likeness (QED) is 0.689. The number of H-pyrrole nitrogens is 1. The van der Waals surface area contributed by atoms with Gasteiger partial charge >= 0.3 is 5.69 Å². The van der Waals surface area contributed by atoms with Crippen LogP contribution in [0.25, 0.3) is 22.4 Å². The maximum atomic E-state index is 11.3. The smallest absolute Gasteiger partial charge is 0.345 e. The molecular weight excluding hydrogens is 218 g/mol. The fourth-order valence-corrected chi connectivity index (χ4v) is 1.74. The lowest BCUT2D eigenvalue weighted by atomic mass is 10.1. The fourth-order valence-electron chi connectivity index (χ4n) is 1.74. The highest BCUT2D eigenvalue weighted by atomic mass is 16.3. The molecule has 0 saturated carbocycles. The minimum absolute atomic E-state index is 0.349. The van der Waals surface area contributed by atoms with Gasteiger partial charge in [-0.15, -0.1) is 0 Å². The van der Waals surface area contributed by atoms with Crippen LogP contribution in [0.5, 0.6) is 0 Å². The molecule has 0 saturated heterocycles. The van der Waals surface area contributed by atoms with Gasteiger partial charge in [-0.25, -0.2) is 9.78 Å². The Hall–Kier alpha value is -2.43. The molecule has 0 aliphatic heterocycles. The normalized spacial score (nSPS) is 10.9. The maximum absolute atomic E-state index is 11.3. The highest BCUT2D eigenvalue weighted by molar-refractivity contribution is 5.78. The van der Waals surface area contributed by atoms with Gasteiger partial charge in [0.1, 0.15) is 5.52 Å². The van der Waals surface area contributed by atoms with E-state index < -0.39 is 0 Å². The second-order valence-electron chi connectivity index (χ2n) is 3.79. The molecule has 5 nitrogen and oxygen atoms in total. The molecule has 0 fully saturated rings. The van der Waals surface area contributed by atoms with Gasteiger partial charge in [0.15, 0.2) is 12.0 Å². The summed E-state index contributed by atoms with van der Waals surface area (Å²) in [4.78, 5) is 21.9. The highest BCUT2D eigenvalue weighted by Gasteiger charge is 2.05. The third kappa shape index (κ3) is 1.71. The van der Waals surface area contributed by atoms with E-state index in [1.807, 2.05) is 31.2 Å². The Morgan fingerprint density at radius 3 is 3.00 bits per heavy atom. The molecule has 5 heteroatoms. The van der Waals surface area contributed by atoms with E-state index in [0.29, 0.717) is 11.3 Å². The van der Waals surface area contributed by atoms with Crippen LogP contribution in [0.3, 0.4) is 0 Å². The van der Waals surface area contributed by atoms with Crippen LogP contribution in [0, 0.1) is 6.92 Å². The first-order chi connectivity index (χ1) is 8.22. The van der Waals surface area contributed by atoms with Crippen molar-refractivity contribution in [2.75, 3.05) is 0 Å². The molecule has 3 aromatic rings. The van der Waals surface area contributed by atoms with E-state index in [0.717, 1.165) is 16.8 Å². The number of nitrogens with one attached hydrogen (secondary N) is 1. The average Bonchev–Trinajstić information content (AvgIpc) is 2.74. The van der Waals surface area contributed by atoms with Gasteiger partial charge in [-0.2, -0.15) is 4.98 Å². The Balaban J connectivity index is 2.22. The Morgan fingerprint density at radius 1 is 1.29 bits per heavy atom. The zero-order chi connectivity index (χ0) is 11.8. The first-order valence-electron chi connectivity index (χ1n) is 5.14. The molecule has 1 N–H and O–H groups in total. The summed E-state index contributed by atoms with van der Waals surface area (Å²) in [7, 11) is 0. The molecule has 1 aromatic carbocycles. The lowest BCUT2D eigenvalue weighted by Crippen LogP contribution is -2.11. The van der Waals surface area contributed by atoms with Crippen molar-refractivity contribution in [2.24, 2.45) is 0 Å². The Bertz CT molecular complexity index is 743. The van der Waals surface area contributed by atoms with Crippen LogP contribution >= 0.6 is 0 Å². The lowest BCUT2D eigenvalue weighted by Gasteiger charge is -2.00. The molecular formula is C12H9N3O2. The number of aryl methyl sites for hydroxylation is 1. The number of aromatic nitrogens is 3. The summed E-state index contributed by atoms with van der Waals surface area (Å²) in [6.45, 7) is 1.82. The van der Waals surface area contributed by atoms with E-state index in [2.05, 4.69) is 15.0 Å². The predicted octanol–water partition coefficient (Wildman–Crippen LogP) is 1.89. The van der Waals surface area contributed by atoms with Crippen molar-refractivity contribution in [1.82, 2.24) is 15.0 Å². The topological polar surface area (TPSA) is 71.8 Å². The van der Waals surface area contributed by atoms with Crippen LogP contribution in [-0.2, 0) is 0 Å². The molecule has 0 aliphatic carbocycles. The number of benzene rings is 1. The second kappa shape index (κ2) is 3.55. The van der Waals surface area contributed by atoms with E-state index >= 15 is 0 Å². The zero-order valence-electron chi connectivity index (χ0n) is 9.10. The molecule has 3 rings (SSSR count). The van der Waals surface area contributed by atoms with Crippen molar-refractivity contribution in [3.05, 3.63) is 46.8 Å². The average molecular weight is 227 g/mol. The van der Waals surface area contributed by atoms with Gasteiger partial charge in [0.05, 0.1) is 5.69 Å². The number of rotatable bonds is 1. The summed E-state index contributed by atoms with van der Waals surface area (Å²) in [6, 6.07) is 7.35. The number of oxazole rings is 1. The van der Waals surface area contributed by atoms with E-state index in [1.54, 1.807) is 0 Å². The van der Waals surface area contributed by atoms with Crippen LogP contribution in [0.1, 0.15) is 5.69 Å². The SMILES string of the molecule is Cc1cc(-c2ccc3ncoc3c2)nc(=O)[nH]1. The van der Waals surface area contributed by atoms with Crippen molar-refractivity contribution in [3.63, 3.8) is 0 Å². The van der Waals surface area contributed by atoms with Gasteiger partial charge in [-0.1, -0.05) is 6.07 Å². The van der Waals surface area contributed by atoms with Crippen molar-refractivity contribution < 1.29 is 4.42 Å². The Kier molecular flexibility index (Phi) is 2.04. The summed E-state index contributed by atoms with van der Waals surface area (Å²) in [5.74, 6) is 0. The summed E-state index contributed by atoms with van der Waals surface area (Å²) < 4.78 is 5.22. The molecule has 0 bridgehead atoms. The van der Waals surface area contributed by atoms with Gasteiger partial charge in [0, 0.05) is 11.3 Å². The minimum Gasteiger partial charge on any atom is -0.443 e. The third-order valence-corrected chi connectivity index (χ3v) is 2.51. The standard InChI is InChI=1S/C12H9N3O2/c1-7-4-10(15-12(16)14-7)8-2-3-9-11(5-8)17-6-13-9/h2-6H,1H3,(H,14,15,16). The number of nitrogens with zero attached hydrogens (tertiary/aromatic N) is 2. The highest BCUT2D eigenvalue weighted by Crippen LogP contribution is 2.21. The van der Waals surface area contributed by atoms with Gasteiger partial charge < -0.3 is 9.40 Å². The molecule has 0 spiro atoms. The van der Waals surface area contributed by atoms with E-state index in [-0.39, 0.29) is 5.69 Å². The number of hydrogen-bond acceptors (Lipinski definition) is 4. The van der Waals surface area contributed by atoms with E-state index in [9.17, 15) is 4.79 Å². The molecule has 0 radical (unpaired) electrons. The number of fused-ring (bicyclic) bond motifs is 1. The van der Waals surface area contributed by atoms with E-state index in [1.165, 1.54) is 6.39 Å². The molecule has 17 heavy (non-hydrogen) atoms. The number of hydrogen-bond donors (Lipinski definition) is 1. The molecule has 0 amide bonds. The molecule has 2 aromatic heterocycles. The monoisotopic (exact) mass is 227 g/mol. The Labute approximate surface area is 96.1 Å². The van der Waals surface area contributed by atoms with Crippen LogP contribution in [0.4, 0.5) is 0 Å². The van der Waals surface area contributed by atoms with Crippen LogP contribution in [-0.4, -0.2) is 15.0 Å². The van der Waals surface area contributed by atoms with Crippen molar-refractivity contribution in [2.45, 2.75) is 6.92 Å². The van der Waals surface area contributed by atoms with Crippen LogP contribution in [0.15, 0.2) is 39.9 Å². The van der Waals surface area contributed by atoms with Gasteiger partial charge in [-0.05, 0) is 25.1 Å². The summed E-state index contributed by atoms with van der Waals surface area (Å²) in [5, 5.41) is 0. The molecule has 2 heterocycles. The Morgan fingerprint density at radius 2 is 2.18 bits per heavy atom. The van der Waals surface area contributed by atoms with Crippen LogP contribution < -0.4 is 5.69 Å². The molecule has 0 unspecified atom stereocenters.